The Labute approximate surface area is 142 Å². The van der Waals surface area contributed by atoms with Gasteiger partial charge in [0.1, 0.15) is 6.33 Å². The van der Waals surface area contributed by atoms with Gasteiger partial charge in [-0.3, -0.25) is 4.68 Å². The van der Waals surface area contributed by atoms with Gasteiger partial charge in [0.25, 0.3) is 10.2 Å². The van der Waals surface area contributed by atoms with E-state index in [1.807, 2.05) is 19.2 Å². The third-order valence-electron chi connectivity index (χ3n) is 4.34. The van der Waals surface area contributed by atoms with E-state index in [0.29, 0.717) is 13.1 Å². The van der Waals surface area contributed by atoms with Gasteiger partial charge in [0, 0.05) is 46.1 Å². The summed E-state index contributed by atoms with van der Waals surface area (Å²) < 4.78 is 29.0. The summed E-state index contributed by atoms with van der Waals surface area (Å²) in [6.07, 6.45) is 4.88. The highest BCUT2D eigenvalue weighted by Gasteiger charge is 2.32. The molecule has 0 aromatic carbocycles. The quantitative estimate of drug-likeness (QED) is 0.786. The van der Waals surface area contributed by atoms with Gasteiger partial charge in [0.05, 0.1) is 11.4 Å². The van der Waals surface area contributed by atoms with Crippen molar-refractivity contribution in [3.05, 3.63) is 30.4 Å². The molecule has 1 saturated heterocycles. The van der Waals surface area contributed by atoms with Crippen LogP contribution >= 0.6 is 0 Å². The van der Waals surface area contributed by atoms with E-state index in [2.05, 4.69) is 15.1 Å². The third-order valence-corrected chi connectivity index (χ3v) is 6.25. The standard InChI is InChI=1S/C15H22N6O2S/c1-19(2)24(22,23)21-7-5-12(10-21)8-13-9-14(17-11-16-13)15-4-6-18-20(15)3/h4,6,9,11-12H,5,7-8,10H2,1-3H3/t12-/m0/s1. The van der Waals surface area contributed by atoms with Crippen molar-refractivity contribution in [3.63, 3.8) is 0 Å². The van der Waals surface area contributed by atoms with Gasteiger partial charge in [0.2, 0.25) is 0 Å². The normalized spacial score (nSPS) is 19.2. The topological polar surface area (TPSA) is 84.2 Å². The number of aryl methyl sites for hydroxylation is 1. The summed E-state index contributed by atoms with van der Waals surface area (Å²) in [6.45, 7) is 1.09. The molecule has 1 atom stereocenters. The van der Waals surface area contributed by atoms with Crippen LogP contribution in [0.4, 0.5) is 0 Å². The van der Waals surface area contributed by atoms with E-state index >= 15 is 0 Å². The summed E-state index contributed by atoms with van der Waals surface area (Å²) in [5.41, 5.74) is 2.69. The number of hydrogen-bond acceptors (Lipinski definition) is 5. The molecule has 0 unspecified atom stereocenters. The van der Waals surface area contributed by atoms with Gasteiger partial charge in [-0.25, -0.2) is 9.97 Å². The van der Waals surface area contributed by atoms with Crippen LogP contribution in [0.15, 0.2) is 24.7 Å². The van der Waals surface area contributed by atoms with Crippen LogP contribution in [0.3, 0.4) is 0 Å². The van der Waals surface area contributed by atoms with E-state index in [0.717, 1.165) is 29.9 Å². The zero-order chi connectivity index (χ0) is 17.3. The molecule has 1 fully saturated rings. The van der Waals surface area contributed by atoms with Crippen LogP contribution in [-0.2, 0) is 23.7 Å². The number of nitrogens with zero attached hydrogens (tertiary/aromatic N) is 6. The average molecular weight is 350 g/mol. The van der Waals surface area contributed by atoms with E-state index < -0.39 is 10.2 Å². The predicted molar refractivity (Wildman–Crippen MR) is 90.2 cm³/mol. The first-order valence-electron chi connectivity index (χ1n) is 7.85. The molecule has 0 N–H and O–H groups in total. The highest BCUT2D eigenvalue weighted by molar-refractivity contribution is 7.86. The van der Waals surface area contributed by atoms with Crippen LogP contribution in [0.5, 0.6) is 0 Å². The smallest absolute Gasteiger partial charge is 0.266 e. The molecule has 0 aliphatic carbocycles. The first-order chi connectivity index (χ1) is 11.4. The fourth-order valence-electron chi connectivity index (χ4n) is 2.97. The van der Waals surface area contributed by atoms with E-state index in [1.165, 1.54) is 4.31 Å². The second kappa shape index (κ2) is 6.58. The summed E-state index contributed by atoms with van der Waals surface area (Å²) in [6, 6.07) is 3.87. The maximum atomic E-state index is 12.2. The molecule has 130 valence electrons. The Morgan fingerprint density at radius 1 is 1.33 bits per heavy atom. The monoisotopic (exact) mass is 350 g/mol. The van der Waals surface area contributed by atoms with E-state index in [4.69, 9.17) is 0 Å². The molecule has 3 rings (SSSR count). The molecule has 0 radical (unpaired) electrons. The minimum absolute atomic E-state index is 0.272. The summed E-state index contributed by atoms with van der Waals surface area (Å²) >= 11 is 0. The fraction of sp³-hybridized carbons (Fsp3) is 0.533. The molecule has 0 amide bonds. The molecule has 24 heavy (non-hydrogen) atoms. The van der Waals surface area contributed by atoms with Gasteiger partial charge in [-0.05, 0) is 30.9 Å². The Morgan fingerprint density at radius 3 is 2.79 bits per heavy atom. The molecule has 2 aromatic rings. The van der Waals surface area contributed by atoms with E-state index in [9.17, 15) is 8.42 Å². The SMILES string of the molecule is CN(C)S(=O)(=O)N1CC[C@@H](Cc2cc(-c3ccnn3C)ncn2)C1. The maximum Gasteiger partial charge on any atom is 0.281 e. The first kappa shape index (κ1) is 17.0. The highest BCUT2D eigenvalue weighted by Crippen LogP contribution is 2.24. The van der Waals surface area contributed by atoms with E-state index in [1.54, 1.807) is 35.6 Å². The van der Waals surface area contributed by atoms with Crippen LogP contribution in [0.2, 0.25) is 0 Å². The molecule has 2 aromatic heterocycles. The number of aromatic nitrogens is 4. The van der Waals surface area contributed by atoms with Gasteiger partial charge < -0.3 is 0 Å². The Balaban J connectivity index is 1.71. The van der Waals surface area contributed by atoms with Crippen LogP contribution in [0.1, 0.15) is 12.1 Å². The third kappa shape index (κ3) is 3.33. The Hall–Kier alpha value is -1.84. The number of rotatable bonds is 5. The molecular weight excluding hydrogens is 328 g/mol. The highest BCUT2D eigenvalue weighted by atomic mass is 32.2. The molecule has 1 aliphatic heterocycles. The van der Waals surface area contributed by atoms with Crippen LogP contribution in [0, 0.1) is 5.92 Å². The Morgan fingerprint density at radius 2 is 2.12 bits per heavy atom. The Kier molecular flexibility index (Phi) is 4.66. The zero-order valence-electron chi connectivity index (χ0n) is 14.1. The van der Waals surface area contributed by atoms with Crippen molar-refractivity contribution in [2.45, 2.75) is 12.8 Å². The van der Waals surface area contributed by atoms with Gasteiger partial charge in [-0.15, -0.1) is 0 Å². The predicted octanol–water partition coefficient (Wildman–Crippen LogP) is 0.548. The second-order valence-electron chi connectivity index (χ2n) is 6.24. The summed E-state index contributed by atoms with van der Waals surface area (Å²) in [5, 5.41) is 4.16. The minimum atomic E-state index is -3.33. The van der Waals surface area contributed by atoms with Crippen molar-refractivity contribution in [3.8, 4) is 11.4 Å². The van der Waals surface area contributed by atoms with Crippen LogP contribution < -0.4 is 0 Å². The summed E-state index contributed by atoms with van der Waals surface area (Å²) in [4.78, 5) is 8.66. The lowest BCUT2D eigenvalue weighted by Gasteiger charge is -2.20. The molecule has 1 aliphatic rings. The van der Waals surface area contributed by atoms with Gasteiger partial charge >= 0.3 is 0 Å². The molecular formula is C15H22N6O2S. The fourth-order valence-corrected chi connectivity index (χ4v) is 4.17. The van der Waals surface area contributed by atoms with Crippen LogP contribution in [-0.4, -0.2) is 64.0 Å². The zero-order valence-corrected chi connectivity index (χ0v) is 14.9. The van der Waals surface area contributed by atoms with Crippen molar-refractivity contribution in [2.24, 2.45) is 13.0 Å². The molecule has 0 bridgehead atoms. The van der Waals surface area contributed by atoms with Gasteiger partial charge in [-0.1, -0.05) is 0 Å². The second-order valence-corrected chi connectivity index (χ2v) is 8.38. The lowest BCUT2D eigenvalue weighted by Crippen LogP contribution is -2.38. The molecule has 9 heteroatoms. The lowest BCUT2D eigenvalue weighted by molar-refractivity contribution is 0.409. The molecule has 3 heterocycles. The molecule has 8 nitrogen and oxygen atoms in total. The maximum absolute atomic E-state index is 12.2. The molecule has 0 spiro atoms. The first-order valence-corrected chi connectivity index (χ1v) is 9.24. The average Bonchev–Trinajstić information content (AvgIpc) is 3.16. The number of hydrogen-bond donors (Lipinski definition) is 0. The lowest BCUT2D eigenvalue weighted by atomic mass is 10.0. The Bertz CT molecular complexity index is 817. The summed E-state index contributed by atoms with van der Waals surface area (Å²) in [5.74, 6) is 0.272. The van der Waals surface area contributed by atoms with E-state index in [-0.39, 0.29) is 5.92 Å². The van der Waals surface area contributed by atoms with Crippen molar-refractivity contribution in [1.29, 1.82) is 0 Å². The summed E-state index contributed by atoms with van der Waals surface area (Å²) in [7, 11) is 1.67. The van der Waals surface area contributed by atoms with Crippen LogP contribution in [0.25, 0.3) is 11.4 Å². The van der Waals surface area contributed by atoms with Crippen molar-refractivity contribution in [1.82, 2.24) is 28.4 Å². The minimum Gasteiger partial charge on any atom is -0.266 e. The van der Waals surface area contributed by atoms with Gasteiger partial charge in [0.15, 0.2) is 0 Å². The van der Waals surface area contributed by atoms with Crippen molar-refractivity contribution >= 4 is 10.2 Å². The van der Waals surface area contributed by atoms with Crippen molar-refractivity contribution < 1.29 is 8.42 Å². The van der Waals surface area contributed by atoms with Crippen molar-refractivity contribution in [2.75, 3.05) is 27.2 Å². The van der Waals surface area contributed by atoms with Gasteiger partial charge in [-0.2, -0.15) is 22.1 Å². The largest absolute Gasteiger partial charge is 0.281 e. The molecule has 0 saturated carbocycles.